The molecule has 1 saturated heterocycles. The van der Waals surface area contributed by atoms with Gasteiger partial charge in [-0.15, -0.1) is 0 Å². The fourth-order valence-electron chi connectivity index (χ4n) is 1.60. The molecular formula is C19H41N5O11. The molecule has 1 heterocycles. The van der Waals surface area contributed by atoms with E-state index >= 15 is 0 Å². The maximum absolute atomic E-state index is 10.2. The maximum Gasteiger partial charge on any atom is 0.323 e. The lowest BCUT2D eigenvalue weighted by atomic mass is 10.0. The van der Waals surface area contributed by atoms with Crippen LogP contribution in [0.25, 0.3) is 0 Å². The molecule has 16 nitrogen and oxygen atoms in total. The first-order valence-electron chi connectivity index (χ1n) is 10.4. The number of carboxylic acids is 5. The summed E-state index contributed by atoms with van der Waals surface area (Å²) < 4.78 is 0. The van der Waals surface area contributed by atoms with E-state index in [-0.39, 0.29) is 25.0 Å². The molecule has 0 spiro atoms. The van der Waals surface area contributed by atoms with Crippen molar-refractivity contribution in [3.63, 3.8) is 0 Å². The van der Waals surface area contributed by atoms with Gasteiger partial charge in [0.05, 0.1) is 19.2 Å². The first-order chi connectivity index (χ1) is 16.0. The molecule has 0 unspecified atom stereocenters. The molecule has 0 aromatic carbocycles. The monoisotopic (exact) mass is 515 g/mol. The second kappa shape index (κ2) is 24.2. The molecule has 16 heteroatoms. The number of hydrogen-bond donors (Lipinski definition) is 11. The Morgan fingerprint density at radius 1 is 0.857 bits per heavy atom. The number of aliphatic carboxylic acids is 5. The van der Waals surface area contributed by atoms with Crippen LogP contribution in [-0.2, 0) is 24.0 Å². The van der Waals surface area contributed by atoms with Crippen LogP contribution < -0.4 is 28.3 Å². The summed E-state index contributed by atoms with van der Waals surface area (Å²) in [5.41, 5.74) is 19.3. The van der Waals surface area contributed by atoms with Crippen molar-refractivity contribution in [2.75, 3.05) is 19.6 Å². The molecule has 1 aliphatic heterocycles. The highest BCUT2D eigenvalue weighted by Gasteiger charge is 2.20. The second-order valence-corrected chi connectivity index (χ2v) is 7.04. The van der Waals surface area contributed by atoms with E-state index in [1.807, 2.05) is 13.8 Å². The molecule has 1 rings (SSSR count). The molecule has 1 aliphatic rings. The van der Waals surface area contributed by atoms with Crippen LogP contribution in [0.15, 0.2) is 0 Å². The number of hydrogen-bond acceptors (Lipinski definition) is 11. The Morgan fingerprint density at radius 3 is 1.31 bits per heavy atom. The van der Waals surface area contributed by atoms with Crippen LogP contribution in [0.3, 0.4) is 0 Å². The standard InChI is InChI=1S/C6H13NO2.C5H9NO2.C4H9NO3.2C2H5NO2/c1-3-4(2)5(7)6(8)9;7-5(8)4-2-1-3-6-4;1-2(6)3(5)4(7)8;2*3-1-2(4)5/h4-5H,3,7H2,1-2H3,(H,8,9);4,6H,1-3H2,(H,7,8);2-3,6H,5H2,1H3,(H,7,8);2*1,3H2,(H,4,5)/t4-,5-;4-;2-,3+;;/m001../s1. The van der Waals surface area contributed by atoms with Gasteiger partial charge in [0.1, 0.15) is 18.1 Å². The average molecular weight is 516 g/mol. The topological polar surface area (TPSA) is 323 Å². The summed E-state index contributed by atoms with van der Waals surface area (Å²) in [6.07, 6.45) is 1.62. The van der Waals surface area contributed by atoms with Gasteiger partial charge in [0.25, 0.3) is 0 Å². The third kappa shape index (κ3) is 29.1. The van der Waals surface area contributed by atoms with Crippen molar-refractivity contribution in [1.29, 1.82) is 0 Å². The molecule has 0 aliphatic carbocycles. The number of nitrogens with two attached hydrogens (primary N) is 4. The van der Waals surface area contributed by atoms with Gasteiger partial charge in [-0.05, 0) is 32.2 Å². The zero-order valence-electron chi connectivity index (χ0n) is 20.2. The molecule has 0 bridgehead atoms. The molecule has 0 aromatic rings. The van der Waals surface area contributed by atoms with E-state index in [2.05, 4.69) is 16.8 Å². The number of rotatable bonds is 8. The minimum atomic E-state index is -1.18. The summed E-state index contributed by atoms with van der Waals surface area (Å²) in [5, 5.41) is 51.3. The SMILES string of the molecule is CC[C@H](C)[C@H](N)C(=O)O.C[C@@H](O)[C@H](N)C(=O)O.NCC(=O)O.NCC(=O)O.O=C(O)[C@@H]1CCCN1. The Hall–Kier alpha value is -2.89. The van der Waals surface area contributed by atoms with E-state index in [4.69, 9.17) is 42.1 Å². The number of aliphatic hydroxyl groups excluding tert-OH is 1. The van der Waals surface area contributed by atoms with Crippen molar-refractivity contribution in [3.8, 4) is 0 Å². The molecule has 0 saturated carbocycles. The zero-order valence-corrected chi connectivity index (χ0v) is 20.2. The van der Waals surface area contributed by atoms with E-state index in [9.17, 15) is 24.0 Å². The summed E-state index contributed by atoms with van der Waals surface area (Å²) in [7, 11) is 0. The highest BCUT2D eigenvalue weighted by molar-refractivity contribution is 5.74. The smallest absolute Gasteiger partial charge is 0.323 e. The first kappa shape index (κ1) is 39.3. The largest absolute Gasteiger partial charge is 0.480 e. The summed E-state index contributed by atoms with van der Waals surface area (Å²) in [5.74, 6) is -4.68. The molecule has 208 valence electrons. The van der Waals surface area contributed by atoms with Crippen molar-refractivity contribution < 1.29 is 54.6 Å². The van der Waals surface area contributed by atoms with Gasteiger partial charge in [0.15, 0.2) is 0 Å². The fraction of sp³-hybridized carbons (Fsp3) is 0.737. The van der Waals surface area contributed by atoms with Crippen molar-refractivity contribution >= 4 is 29.8 Å². The number of carbonyl (C=O) groups is 5. The third-order valence-electron chi connectivity index (χ3n) is 4.05. The van der Waals surface area contributed by atoms with Gasteiger partial charge >= 0.3 is 29.8 Å². The van der Waals surface area contributed by atoms with Gasteiger partial charge in [-0.1, -0.05) is 20.3 Å². The highest BCUT2D eigenvalue weighted by atomic mass is 16.4. The highest BCUT2D eigenvalue weighted by Crippen LogP contribution is 2.04. The van der Waals surface area contributed by atoms with Crippen LogP contribution in [0, 0.1) is 5.92 Å². The lowest BCUT2D eigenvalue weighted by Gasteiger charge is -2.11. The predicted octanol–water partition coefficient (Wildman–Crippen LogP) is -2.89. The Kier molecular flexibility index (Phi) is 27.2. The zero-order chi connectivity index (χ0) is 28.7. The van der Waals surface area contributed by atoms with Crippen LogP contribution in [0.4, 0.5) is 0 Å². The molecular weight excluding hydrogens is 474 g/mol. The summed E-state index contributed by atoms with van der Waals surface area (Å²) in [6, 6.07) is -2.13. The van der Waals surface area contributed by atoms with Gasteiger partial charge < -0.3 is 58.9 Å². The number of aliphatic hydroxyl groups is 1. The molecule has 0 aromatic heterocycles. The Balaban J connectivity index is -0.000000175. The Labute approximate surface area is 203 Å². The summed E-state index contributed by atoms with van der Waals surface area (Å²) in [6.45, 7) is 5.39. The average Bonchev–Trinajstić information content (AvgIpc) is 3.34. The van der Waals surface area contributed by atoms with Crippen LogP contribution in [0.5, 0.6) is 0 Å². The van der Waals surface area contributed by atoms with Crippen molar-refractivity contribution in [1.82, 2.24) is 5.32 Å². The summed E-state index contributed by atoms with van der Waals surface area (Å²) in [4.78, 5) is 48.7. The van der Waals surface area contributed by atoms with Crippen molar-refractivity contribution in [3.05, 3.63) is 0 Å². The molecule has 15 N–H and O–H groups in total. The first-order valence-corrected chi connectivity index (χ1v) is 10.4. The van der Waals surface area contributed by atoms with Crippen LogP contribution >= 0.6 is 0 Å². The number of nitrogens with one attached hydrogen (secondary N) is 1. The molecule has 5 atom stereocenters. The van der Waals surface area contributed by atoms with Gasteiger partial charge in [-0.2, -0.15) is 0 Å². The van der Waals surface area contributed by atoms with Crippen LogP contribution in [0.2, 0.25) is 0 Å². The van der Waals surface area contributed by atoms with Crippen molar-refractivity contribution in [2.24, 2.45) is 28.9 Å². The molecule has 35 heavy (non-hydrogen) atoms. The van der Waals surface area contributed by atoms with Crippen molar-refractivity contribution in [2.45, 2.75) is 64.3 Å². The lowest BCUT2D eigenvalue weighted by Crippen LogP contribution is -2.39. The van der Waals surface area contributed by atoms with E-state index < -0.39 is 48.0 Å². The van der Waals surface area contributed by atoms with Gasteiger partial charge in [-0.3, -0.25) is 24.0 Å². The number of carboxylic acid groups (broad SMARTS) is 5. The molecule has 0 amide bonds. The lowest BCUT2D eigenvalue weighted by molar-refractivity contribution is -0.141. The molecule has 1 fully saturated rings. The van der Waals surface area contributed by atoms with Crippen LogP contribution in [0.1, 0.15) is 40.0 Å². The quantitative estimate of drug-likeness (QED) is 0.154. The predicted molar refractivity (Wildman–Crippen MR) is 124 cm³/mol. The van der Waals surface area contributed by atoms with E-state index in [0.717, 1.165) is 25.8 Å². The Bertz CT molecular complexity index is 588. The fourth-order valence-corrected chi connectivity index (χ4v) is 1.60. The van der Waals surface area contributed by atoms with Gasteiger partial charge in [0.2, 0.25) is 0 Å². The van der Waals surface area contributed by atoms with Gasteiger partial charge in [0, 0.05) is 0 Å². The molecule has 0 radical (unpaired) electrons. The normalized spacial score (nSPS) is 16.9. The minimum absolute atomic E-state index is 0.0718. The van der Waals surface area contributed by atoms with E-state index in [1.54, 1.807) is 0 Å². The van der Waals surface area contributed by atoms with E-state index in [1.165, 1.54) is 6.92 Å². The second-order valence-electron chi connectivity index (χ2n) is 7.04. The third-order valence-corrected chi connectivity index (χ3v) is 4.05. The van der Waals surface area contributed by atoms with Gasteiger partial charge in [-0.25, -0.2) is 0 Å². The minimum Gasteiger partial charge on any atom is -0.480 e. The summed E-state index contributed by atoms with van der Waals surface area (Å²) >= 11 is 0. The van der Waals surface area contributed by atoms with Crippen LogP contribution in [-0.4, -0.2) is 104 Å². The maximum atomic E-state index is 10.2. The Morgan fingerprint density at radius 2 is 1.23 bits per heavy atom. The van der Waals surface area contributed by atoms with E-state index in [0.29, 0.717) is 0 Å².